The molecule has 0 unspecified atom stereocenters. The number of hydrogen-bond acceptors (Lipinski definition) is 5. The van der Waals surface area contributed by atoms with Crippen molar-refractivity contribution in [1.82, 2.24) is 4.98 Å². The zero-order chi connectivity index (χ0) is 18.4. The van der Waals surface area contributed by atoms with Gasteiger partial charge >= 0.3 is 0 Å². The van der Waals surface area contributed by atoms with Crippen molar-refractivity contribution < 1.29 is 13.9 Å². The van der Waals surface area contributed by atoms with Crippen molar-refractivity contribution >= 4 is 23.7 Å². The van der Waals surface area contributed by atoms with E-state index in [1.165, 1.54) is 6.08 Å². The Morgan fingerprint density at radius 1 is 1.07 bits per heavy atom. The van der Waals surface area contributed by atoms with E-state index >= 15 is 0 Å². The lowest BCUT2D eigenvalue weighted by molar-refractivity contribution is 0.318. The van der Waals surface area contributed by atoms with Gasteiger partial charge in [0.15, 0.2) is 0 Å². The van der Waals surface area contributed by atoms with E-state index in [4.69, 9.17) is 15.2 Å². The third kappa shape index (κ3) is 5.53. The molecule has 0 bridgehead atoms. The molecule has 1 aromatic heterocycles. The third-order valence-corrected chi connectivity index (χ3v) is 4.60. The van der Waals surface area contributed by atoms with Crippen LogP contribution in [0.5, 0.6) is 11.5 Å². The lowest BCUT2D eigenvalue weighted by Gasteiger charge is -2.05. The van der Waals surface area contributed by atoms with E-state index in [0.29, 0.717) is 5.75 Å². The number of benzene rings is 2. The minimum absolute atomic E-state index is 0. The fraction of sp³-hybridized carbons (Fsp3) is 0.150. The van der Waals surface area contributed by atoms with Crippen LogP contribution in [0.15, 0.2) is 65.8 Å². The van der Waals surface area contributed by atoms with E-state index in [2.05, 4.69) is 4.98 Å². The Morgan fingerprint density at radius 2 is 1.70 bits per heavy atom. The summed E-state index contributed by atoms with van der Waals surface area (Å²) in [5.41, 5.74) is 8.20. The number of ether oxygens (including phenoxy) is 2. The van der Waals surface area contributed by atoms with Crippen LogP contribution in [0.25, 0.3) is 21.8 Å². The monoisotopic (exact) mass is 406 g/mol. The van der Waals surface area contributed by atoms with Crippen molar-refractivity contribution in [3.05, 3.63) is 65.8 Å². The summed E-state index contributed by atoms with van der Waals surface area (Å²) in [7, 11) is 1.65. The molecule has 0 aliphatic carbocycles. The third-order valence-electron chi connectivity index (χ3n) is 3.71. The molecule has 0 radical (unpaired) electrons. The number of nitrogens with zero attached hydrogens (tertiary/aromatic N) is 1. The average Bonchev–Trinajstić information content (AvgIpc) is 3.17. The highest BCUT2D eigenvalue weighted by Crippen LogP contribution is 2.30. The molecule has 0 amide bonds. The van der Waals surface area contributed by atoms with Crippen LogP contribution in [0.3, 0.4) is 0 Å². The van der Waals surface area contributed by atoms with Gasteiger partial charge in [0, 0.05) is 23.1 Å². The molecule has 0 aliphatic heterocycles. The Morgan fingerprint density at radius 3 is 2.33 bits per heavy atom. The van der Waals surface area contributed by atoms with Crippen LogP contribution in [0.4, 0.5) is 4.39 Å². The van der Waals surface area contributed by atoms with Gasteiger partial charge in [-0.05, 0) is 54.6 Å². The van der Waals surface area contributed by atoms with Gasteiger partial charge in [0.25, 0.3) is 0 Å². The second-order valence-electron chi connectivity index (χ2n) is 5.47. The van der Waals surface area contributed by atoms with Crippen molar-refractivity contribution in [3.63, 3.8) is 0 Å². The van der Waals surface area contributed by atoms with Crippen LogP contribution in [0.2, 0.25) is 0 Å². The molecule has 142 valence electrons. The highest BCUT2D eigenvalue weighted by atomic mass is 35.5. The van der Waals surface area contributed by atoms with E-state index in [1.807, 2.05) is 41.8 Å². The Kier molecular flexibility index (Phi) is 7.79. The summed E-state index contributed by atoms with van der Waals surface area (Å²) in [4.78, 5) is 4.69. The Balaban J connectivity index is 0.00000261. The number of thiazole rings is 1. The van der Waals surface area contributed by atoms with Crippen LogP contribution >= 0.6 is 23.7 Å². The molecule has 2 N–H and O–H groups in total. The summed E-state index contributed by atoms with van der Waals surface area (Å²) < 4.78 is 23.8. The van der Waals surface area contributed by atoms with E-state index in [0.717, 1.165) is 27.6 Å². The topological polar surface area (TPSA) is 57.4 Å². The molecule has 0 saturated heterocycles. The van der Waals surface area contributed by atoms with E-state index in [9.17, 15) is 4.39 Å². The normalized spacial score (nSPS) is 11.0. The van der Waals surface area contributed by atoms with E-state index < -0.39 is 0 Å². The summed E-state index contributed by atoms with van der Waals surface area (Å²) in [5, 5.41) is 2.94. The number of methoxy groups -OCH3 is 1. The van der Waals surface area contributed by atoms with Gasteiger partial charge in [-0.1, -0.05) is 0 Å². The fourth-order valence-electron chi connectivity index (χ4n) is 2.33. The van der Waals surface area contributed by atoms with Gasteiger partial charge < -0.3 is 15.2 Å². The molecule has 3 aromatic rings. The van der Waals surface area contributed by atoms with Gasteiger partial charge in [0.05, 0.1) is 12.8 Å². The zero-order valence-electron chi connectivity index (χ0n) is 14.7. The maximum absolute atomic E-state index is 13.3. The Labute approximate surface area is 167 Å². The lowest BCUT2D eigenvalue weighted by atomic mass is 10.1. The molecule has 1 heterocycles. The smallest absolute Gasteiger partial charge is 0.139 e. The van der Waals surface area contributed by atoms with E-state index in [1.54, 1.807) is 30.6 Å². The molecule has 0 atom stereocenters. The first-order chi connectivity index (χ1) is 12.7. The Bertz CT molecular complexity index is 880. The maximum Gasteiger partial charge on any atom is 0.139 e. The first kappa shape index (κ1) is 20.9. The number of nitrogens with two attached hydrogens (primary N) is 1. The van der Waals surface area contributed by atoms with Crippen LogP contribution < -0.4 is 15.2 Å². The molecule has 0 aliphatic rings. The molecule has 7 heteroatoms. The quantitative estimate of drug-likeness (QED) is 0.593. The van der Waals surface area contributed by atoms with Gasteiger partial charge in [0.1, 0.15) is 28.9 Å². The zero-order valence-corrected chi connectivity index (χ0v) is 16.4. The van der Waals surface area contributed by atoms with Crippen molar-refractivity contribution in [1.29, 1.82) is 0 Å². The molecule has 27 heavy (non-hydrogen) atoms. The summed E-state index contributed by atoms with van der Waals surface area (Å²) in [6.07, 6.45) is 1.30. The maximum atomic E-state index is 13.3. The van der Waals surface area contributed by atoms with E-state index in [-0.39, 0.29) is 31.4 Å². The fourth-order valence-corrected chi connectivity index (χ4v) is 3.17. The largest absolute Gasteiger partial charge is 0.497 e. The molecule has 0 fully saturated rings. The number of hydrogen-bond donors (Lipinski definition) is 1. The van der Waals surface area contributed by atoms with Gasteiger partial charge in [-0.2, -0.15) is 0 Å². The first-order valence-electron chi connectivity index (χ1n) is 8.07. The number of halogens is 2. The predicted octanol–water partition coefficient (Wildman–Crippen LogP) is 5.10. The van der Waals surface area contributed by atoms with Gasteiger partial charge in [-0.25, -0.2) is 9.37 Å². The summed E-state index contributed by atoms with van der Waals surface area (Å²) in [6.45, 7) is 0.0458. The van der Waals surface area contributed by atoms with Crippen molar-refractivity contribution in [2.24, 2.45) is 5.73 Å². The molecule has 0 saturated carbocycles. The average molecular weight is 407 g/mol. The standard InChI is InChI=1S/C20H19FN2O2S.ClH/c1-24-17-6-2-14(3-7-17)19-13-26-20(23-19)15-4-8-18(9-5-15)25-12-16(21)10-11-22;/h2-10,13H,11-12,22H2,1H3;1H/b16-10+;. The van der Waals surface area contributed by atoms with Crippen LogP contribution in [0.1, 0.15) is 0 Å². The molecule has 0 spiro atoms. The first-order valence-corrected chi connectivity index (χ1v) is 8.95. The van der Waals surface area contributed by atoms with Crippen molar-refractivity contribution in [2.75, 3.05) is 20.3 Å². The number of rotatable bonds is 7. The SMILES string of the molecule is COc1ccc(-c2csc(-c3ccc(OC/C(F)=C\CN)cc3)n2)cc1.Cl. The minimum Gasteiger partial charge on any atom is -0.497 e. The molecule has 3 rings (SSSR count). The van der Waals surface area contributed by atoms with Crippen LogP contribution in [-0.2, 0) is 0 Å². The summed E-state index contributed by atoms with van der Waals surface area (Å²) in [5.74, 6) is 1.04. The molecule has 4 nitrogen and oxygen atoms in total. The highest BCUT2D eigenvalue weighted by molar-refractivity contribution is 7.13. The minimum atomic E-state index is -0.374. The molecular weight excluding hydrogens is 387 g/mol. The highest BCUT2D eigenvalue weighted by Gasteiger charge is 2.07. The second-order valence-corrected chi connectivity index (χ2v) is 6.32. The summed E-state index contributed by atoms with van der Waals surface area (Å²) in [6, 6.07) is 15.2. The number of aromatic nitrogens is 1. The Hall–Kier alpha value is -2.41. The van der Waals surface area contributed by atoms with Crippen molar-refractivity contribution in [3.8, 4) is 33.3 Å². The van der Waals surface area contributed by atoms with Crippen molar-refractivity contribution in [2.45, 2.75) is 0 Å². The van der Waals surface area contributed by atoms with Gasteiger partial charge in [0.2, 0.25) is 0 Å². The van der Waals surface area contributed by atoms with Crippen LogP contribution in [0, 0.1) is 0 Å². The summed E-state index contributed by atoms with van der Waals surface area (Å²) >= 11 is 1.57. The lowest BCUT2D eigenvalue weighted by Crippen LogP contribution is -2.01. The van der Waals surface area contributed by atoms with Crippen LogP contribution in [-0.4, -0.2) is 25.2 Å². The molecule has 2 aromatic carbocycles. The van der Waals surface area contributed by atoms with Gasteiger partial charge in [-0.3, -0.25) is 0 Å². The second kappa shape index (κ2) is 10.1. The van der Waals surface area contributed by atoms with Gasteiger partial charge in [-0.15, -0.1) is 23.7 Å². The molecular formula is C20H20ClFN2O2S. The predicted molar refractivity (Wildman–Crippen MR) is 111 cm³/mol.